The molecule has 0 aromatic heterocycles. The Kier molecular flexibility index (Phi) is 2.61. The monoisotopic (exact) mass is 114 g/mol. The van der Waals surface area contributed by atoms with Gasteiger partial charge in [0.1, 0.15) is 0 Å². The van der Waals surface area contributed by atoms with Gasteiger partial charge in [-0.15, -0.1) is 0 Å². The lowest BCUT2D eigenvalue weighted by Crippen LogP contribution is -2.14. The molecule has 0 aromatic carbocycles. The number of carbonyl (C=O) groups is 2. The van der Waals surface area contributed by atoms with Gasteiger partial charge in [-0.1, -0.05) is 0 Å². The van der Waals surface area contributed by atoms with Crippen LogP contribution in [-0.4, -0.2) is 18.1 Å². The molecule has 1 atom stereocenters. The molecule has 0 amide bonds. The summed E-state index contributed by atoms with van der Waals surface area (Å²) in [6, 6.07) is -1.07. The Bertz CT molecular complexity index is 113. The first-order valence-electron chi connectivity index (χ1n) is 2.04. The molecule has 0 fully saturated rings. The minimum Gasteiger partial charge on any atom is -0.300 e. The zero-order valence-electron chi connectivity index (χ0n) is 4.42. The first-order chi connectivity index (χ1) is 3.72. The van der Waals surface area contributed by atoms with Crippen molar-refractivity contribution < 1.29 is 9.59 Å². The molecule has 0 aliphatic rings. The van der Waals surface area contributed by atoms with E-state index in [0.29, 0.717) is 6.29 Å². The molecule has 4 heteroatoms. The van der Waals surface area contributed by atoms with Gasteiger partial charge in [0.05, 0.1) is 0 Å². The number of rotatable bonds is 3. The Morgan fingerprint density at radius 2 is 2.38 bits per heavy atom. The lowest BCUT2D eigenvalue weighted by atomic mass is 10.2. The second-order valence-corrected chi connectivity index (χ2v) is 1.32. The van der Waals surface area contributed by atoms with Gasteiger partial charge in [0.15, 0.2) is 18.1 Å². The molecule has 4 nitrogen and oxygen atoms in total. The van der Waals surface area contributed by atoms with Crippen molar-refractivity contribution in [2.45, 2.75) is 13.0 Å². The number of hydrogen-bond donors (Lipinski definition) is 1. The smallest absolute Gasteiger partial charge is 0.183 e. The van der Waals surface area contributed by atoms with E-state index in [0.717, 1.165) is 0 Å². The van der Waals surface area contributed by atoms with Gasteiger partial charge >= 0.3 is 0 Å². The molecule has 0 bridgehead atoms. The molecule has 0 aliphatic heterocycles. The van der Waals surface area contributed by atoms with Gasteiger partial charge in [0.2, 0.25) is 0 Å². The van der Waals surface area contributed by atoms with E-state index in [4.69, 9.17) is 5.53 Å². The fraction of sp³-hybridized carbons (Fsp3) is 0.500. The van der Waals surface area contributed by atoms with Crippen LogP contribution in [0.4, 0.5) is 0 Å². The van der Waals surface area contributed by atoms with Crippen molar-refractivity contribution in [2.75, 3.05) is 0 Å². The van der Waals surface area contributed by atoms with Gasteiger partial charge in [-0.05, 0) is 6.92 Å². The summed E-state index contributed by atoms with van der Waals surface area (Å²) in [6.07, 6.45) is 0.343. The molecule has 0 radical (unpaired) electrons. The van der Waals surface area contributed by atoms with Gasteiger partial charge in [0.25, 0.3) is 0 Å². The summed E-state index contributed by atoms with van der Waals surface area (Å²) in [5, 5.41) is 2.74. The third kappa shape index (κ3) is 1.59. The van der Waals surface area contributed by atoms with Crippen LogP contribution in [0.25, 0.3) is 0 Å². The molecular weight excluding hydrogens is 108 g/mol. The largest absolute Gasteiger partial charge is 0.300 e. The number of nitrogens with zero attached hydrogens (tertiary/aromatic N) is 1. The van der Waals surface area contributed by atoms with Crippen molar-refractivity contribution in [1.29, 1.82) is 5.53 Å². The Morgan fingerprint density at radius 3 is 2.38 bits per heavy atom. The number of carbonyl (C=O) groups excluding carboxylic acids is 2. The van der Waals surface area contributed by atoms with Gasteiger partial charge in [-0.2, -0.15) is 5.11 Å². The van der Waals surface area contributed by atoms with E-state index in [2.05, 4.69) is 5.11 Å². The summed E-state index contributed by atoms with van der Waals surface area (Å²) in [4.78, 5) is 19.9. The maximum absolute atomic E-state index is 10.2. The van der Waals surface area contributed by atoms with Crippen LogP contribution in [0, 0.1) is 5.53 Å². The second kappa shape index (κ2) is 3.01. The SMILES string of the molecule is CC(=O)C(C=O)N=N. The topological polar surface area (TPSA) is 70.3 Å². The van der Waals surface area contributed by atoms with E-state index in [9.17, 15) is 9.59 Å². The number of Topliss-reactive ketones (excluding diaryl/α,β-unsaturated/α-hetero) is 1. The molecular formula is C4H6N2O2. The van der Waals surface area contributed by atoms with E-state index in [-0.39, 0.29) is 0 Å². The van der Waals surface area contributed by atoms with Gasteiger partial charge in [-0.25, -0.2) is 5.53 Å². The average molecular weight is 114 g/mol. The maximum Gasteiger partial charge on any atom is 0.183 e. The Morgan fingerprint density at radius 1 is 1.88 bits per heavy atom. The van der Waals surface area contributed by atoms with Crippen molar-refractivity contribution in [3.63, 3.8) is 0 Å². The molecule has 0 aliphatic carbocycles. The van der Waals surface area contributed by atoms with Crippen LogP contribution in [0.5, 0.6) is 0 Å². The van der Waals surface area contributed by atoms with Crippen LogP contribution >= 0.6 is 0 Å². The lowest BCUT2D eigenvalue weighted by Gasteiger charge is -1.90. The maximum atomic E-state index is 10.2. The Labute approximate surface area is 46.4 Å². The van der Waals surface area contributed by atoms with E-state index >= 15 is 0 Å². The highest BCUT2D eigenvalue weighted by atomic mass is 16.1. The Balaban J connectivity index is 3.88. The summed E-state index contributed by atoms with van der Waals surface area (Å²) in [7, 11) is 0. The van der Waals surface area contributed by atoms with Crippen LogP contribution in [-0.2, 0) is 9.59 Å². The molecule has 0 aromatic rings. The standard InChI is InChI=1S/C4H6N2O2/c1-3(8)4(2-7)6-5/h2,4-5H,1H3. The molecule has 8 heavy (non-hydrogen) atoms. The number of aldehydes is 1. The van der Waals surface area contributed by atoms with E-state index in [1.54, 1.807) is 0 Å². The van der Waals surface area contributed by atoms with Crippen LogP contribution in [0.15, 0.2) is 5.11 Å². The van der Waals surface area contributed by atoms with Crippen molar-refractivity contribution in [3.8, 4) is 0 Å². The normalized spacial score (nSPS) is 12.1. The van der Waals surface area contributed by atoms with Crippen molar-refractivity contribution in [1.82, 2.24) is 0 Å². The van der Waals surface area contributed by atoms with Crippen LogP contribution in [0.3, 0.4) is 0 Å². The van der Waals surface area contributed by atoms with E-state index in [1.165, 1.54) is 6.92 Å². The predicted molar refractivity (Wildman–Crippen MR) is 25.7 cm³/mol. The molecule has 44 valence electrons. The summed E-state index contributed by atoms with van der Waals surface area (Å²) in [5.41, 5.74) is 6.26. The van der Waals surface area contributed by atoms with Gasteiger partial charge < -0.3 is 4.79 Å². The molecule has 0 heterocycles. The summed E-state index contributed by atoms with van der Waals surface area (Å²) >= 11 is 0. The first-order valence-corrected chi connectivity index (χ1v) is 2.04. The number of ketones is 1. The average Bonchev–Trinajstić information content (AvgIpc) is 1.69. The summed E-state index contributed by atoms with van der Waals surface area (Å²) < 4.78 is 0. The quantitative estimate of drug-likeness (QED) is 0.323. The van der Waals surface area contributed by atoms with Crippen LogP contribution in [0.1, 0.15) is 6.92 Å². The highest BCUT2D eigenvalue weighted by molar-refractivity contribution is 5.95. The van der Waals surface area contributed by atoms with Crippen molar-refractivity contribution >= 4 is 12.1 Å². The predicted octanol–water partition coefficient (Wildman–Crippen LogP) is 0.174. The zero-order valence-corrected chi connectivity index (χ0v) is 4.42. The highest BCUT2D eigenvalue weighted by Gasteiger charge is 2.08. The molecule has 0 saturated heterocycles. The van der Waals surface area contributed by atoms with Crippen molar-refractivity contribution in [3.05, 3.63) is 0 Å². The third-order valence-corrected chi connectivity index (χ3v) is 0.684. The highest BCUT2D eigenvalue weighted by Crippen LogP contribution is 1.84. The number of hydrogen-bond acceptors (Lipinski definition) is 4. The molecule has 0 rings (SSSR count). The zero-order chi connectivity index (χ0) is 6.57. The fourth-order valence-electron chi connectivity index (χ4n) is 0.217. The molecule has 1 N–H and O–H groups in total. The summed E-state index contributed by atoms with van der Waals surface area (Å²) in [5.74, 6) is -0.394. The fourth-order valence-corrected chi connectivity index (χ4v) is 0.217. The van der Waals surface area contributed by atoms with Gasteiger partial charge in [0, 0.05) is 0 Å². The lowest BCUT2D eigenvalue weighted by molar-refractivity contribution is -0.122. The van der Waals surface area contributed by atoms with Crippen LogP contribution < -0.4 is 0 Å². The second-order valence-electron chi connectivity index (χ2n) is 1.32. The van der Waals surface area contributed by atoms with Crippen molar-refractivity contribution in [2.24, 2.45) is 5.11 Å². The number of nitrogens with one attached hydrogen (secondary N) is 1. The minimum absolute atomic E-state index is 0.343. The van der Waals surface area contributed by atoms with Crippen LogP contribution in [0.2, 0.25) is 0 Å². The first kappa shape index (κ1) is 6.94. The Hall–Kier alpha value is -1.06. The van der Waals surface area contributed by atoms with E-state index in [1.807, 2.05) is 0 Å². The van der Waals surface area contributed by atoms with E-state index < -0.39 is 11.8 Å². The molecule has 0 saturated carbocycles. The minimum atomic E-state index is -1.07. The summed E-state index contributed by atoms with van der Waals surface area (Å²) in [6.45, 7) is 1.22. The van der Waals surface area contributed by atoms with Gasteiger partial charge in [-0.3, -0.25) is 4.79 Å². The molecule has 1 unspecified atom stereocenters. The third-order valence-electron chi connectivity index (χ3n) is 0.684. The molecule has 0 spiro atoms.